The SMILES string of the molecule is CNC(=O)c1ccc(N2CCC(c3ccccc3OC)C2)c([N+](=O)[O-])c1. The zero-order valence-electron chi connectivity index (χ0n) is 14.8. The highest BCUT2D eigenvalue weighted by molar-refractivity contribution is 5.95. The number of methoxy groups -OCH3 is 1. The van der Waals surface area contributed by atoms with Crippen LogP contribution in [-0.4, -0.2) is 38.1 Å². The van der Waals surface area contributed by atoms with E-state index in [1.165, 1.54) is 13.1 Å². The predicted octanol–water partition coefficient (Wildman–Crippen LogP) is 2.96. The molecule has 7 nitrogen and oxygen atoms in total. The summed E-state index contributed by atoms with van der Waals surface area (Å²) in [5.74, 6) is 0.737. The van der Waals surface area contributed by atoms with E-state index < -0.39 is 4.92 Å². The molecule has 2 aromatic rings. The van der Waals surface area contributed by atoms with Gasteiger partial charge in [-0.1, -0.05) is 18.2 Å². The van der Waals surface area contributed by atoms with Crippen molar-refractivity contribution in [3.8, 4) is 5.75 Å². The minimum absolute atomic E-state index is 0.0493. The number of amides is 1. The lowest BCUT2D eigenvalue weighted by atomic mass is 9.97. The van der Waals surface area contributed by atoms with Gasteiger partial charge in [-0.2, -0.15) is 0 Å². The van der Waals surface area contributed by atoms with Crippen molar-refractivity contribution in [2.75, 3.05) is 32.1 Å². The number of nitrogens with one attached hydrogen (secondary N) is 1. The third kappa shape index (κ3) is 3.33. The maximum absolute atomic E-state index is 11.8. The lowest BCUT2D eigenvalue weighted by Crippen LogP contribution is -2.22. The van der Waals surface area contributed by atoms with Crippen LogP contribution in [0, 0.1) is 10.1 Å². The number of carbonyl (C=O) groups excluding carboxylic acids is 1. The highest BCUT2D eigenvalue weighted by Crippen LogP contribution is 2.38. The van der Waals surface area contributed by atoms with E-state index in [4.69, 9.17) is 4.74 Å². The van der Waals surface area contributed by atoms with Crippen molar-refractivity contribution in [2.24, 2.45) is 0 Å². The van der Waals surface area contributed by atoms with Gasteiger partial charge in [0.15, 0.2) is 0 Å². The number of para-hydroxylation sites is 1. The van der Waals surface area contributed by atoms with Gasteiger partial charge in [-0.3, -0.25) is 14.9 Å². The zero-order chi connectivity index (χ0) is 18.7. The Labute approximate surface area is 151 Å². The molecule has 1 heterocycles. The van der Waals surface area contributed by atoms with E-state index in [-0.39, 0.29) is 23.1 Å². The first-order valence-corrected chi connectivity index (χ1v) is 8.43. The zero-order valence-corrected chi connectivity index (χ0v) is 14.8. The molecule has 1 unspecified atom stereocenters. The molecule has 0 radical (unpaired) electrons. The summed E-state index contributed by atoms with van der Waals surface area (Å²) in [6.07, 6.45) is 0.884. The lowest BCUT2D eigenvalue weighted by Gasteiger charge is -2.20. The summed E-state index contributed by atoms with van der Waals surface area (Å²) < 4.78 is 5.44. The fourth-order valence-corrected chi connectivity index (χ4v) is 3.46. The Bertz CT molecular complexity index is 837. The molecule has 1 aliphatic rings. The minimum Gasteiger partial charge on any atom is -0.496 e. The van der Waals surface area contributed by atoms with Crippen LogP contribution in [-0.2, 0) is 0 Å². The maximum atomic E-state index is 11.8. The summed E-state index contributed by atoms with van der Waals surface area (Å²) in [5.41, 5.74) is 1.89. The molecule has 3 rings (SSSR count). The summed E-state index contributed by atoms with van der Waals surface area (Å²) in [7, 11) is 3.15. The Morgan fingerprint density at radius 3 is 2.77 bits per heavy atom. The molecule has 136 valence electrons. The van der Waals surface area contributed by atoms with Crippen molar-refractivity contribution in [3.63, 3.8) is 0 Å². The van der Waals surface area contributed by atoms with Gasteiger partial charge in [-0.25, -0.2) is 0 Å². The molecule has 0 aliphatic carbocycles. The van der Waals surface area contributed by atoms with Crippen LogP contribution < -0.4 is 15.0 Å². The van der Waals surface area contributed by atoms with Crippen LogP contribution in [0.2, 0.25) is 0 Å². The summed E-state index contributed by atoms with van der Waals surface area (Å²) in [6, 6.07) is 12.5. The van der Waals surface area contributed by atoms with Gasteiger partial charge in [-0.15, -0.1) is 0 Å². The quantitative estimate of drug-likeness (QED) is 0.658. The van der Waals surface area contributed by atoms with Crippen LogP contribution in [0.3, 0.4) is 0 Å². The van der Waals surface area contributed by atoms with Crippen molar-refractivity contribution in [1.29, 1.82) is 0 Å². The van der Waals surface area contributed by atoms with Crippen molar-refractivity contribution in [1.82, 2.24) is 5.32 Å². The molecule has 1 aliphatic heterocycles. The highest BCUT2D eigenvalue weighted by atomic mass is 16.6. The van der Waals surface area contributed by atoms with Crippen LogP contribution in [0.1, 0.15) is 28.3 Å². The van der Waals surface area contributed by atoms with Crippen molar-refractivity contribution < 1.29 is 14.5 Å². The Kier molecular flexibility index (Phi) is 5.06. The van der Waals surface area contributed by atoms with Crippen LogP contribution in [0.5, 0.6) is 5.75 Å². The van der Waals surface area contributed by atoms with Gasteiger partial charge >= 0.3 is 0 Å². The first-order chi connectivity index (χ1) is 12.5. The number of hydrogen-bond donors (Lipinski definition) is 1. The van der Waals surface area contributed by atoms with E-state index in [1.807, 2.05) is 29.2 Å². The third-order valence-electron chi connectivity index (χ3n) is 4.77. The second kappa shape index (κ2) is 7.43. The number of carbonyl (C=O) groups is 1. The Hall–Kier alpha value is -3.09. The second-order valence-corrected chi connectivity index (χ2v) is 6.21. The average molecular weight is 355 g/mol. The van der Waals surface area contributed by atoms with E-state index >= 15 is 0 Å². The summed E-state index contributed by atoms with van der Waals surface area (Å²) >= 11 is 0. The molecule has 0 saturated carbocycles. The van der Waals surface area contributed by atoms with Crippen molar-refractivity contribution in [3.05, 3.63) is 63.7 Å². The third-order valence-corrected chi connectivity index (χ3v) is 4.77. The lowest BCUT2D eigenvalue weighted by molar-refractivity contribution is -0.384. The molecular weight excluding hydrogens is 334 g/mol. The van der Waals surface area contributed by atoms with E-state index in [0.717, 1.165) is 17.7 Å². The number of anilines is 1. The topological polar surface area (TPSA) is 84.7 Å². The van der Waals surface area contributed by atoms with Crippen LogP contribution in [0.25, 0.3) is 0 Å². The van der Waals surface area contributed by atoms with Gasteiger partial charge in [-0.05, 0) is 30.2 Å². The van der Waals surface area contributed by atoms with Crippen LogP contribution in [0.15, 0.2) is 42.5 Å². The van der Waals surface area contributed by atoms with E-state index in [2.05, 4.69) is 5.32 Å². The first-order valence-electron chi connectivity index (χ1n) is 8.43. The average Bonchev–Trinajstić information content (AvgIpc) is 3.16. The molecule has 1 N–H and O–H groups in total. The summed E-state index contributed by atoms with van der Waals surface area (Å²) in [5, 5.41) is 14.0. The molecule has 7 heteroatoms. The maximum Gasteiger partial charge on any atom is 0.293 e. The highest BCUT2D eigenvalue weighted by Gasteiger charge is 2.30. The smallest absolute Gasteiger partial charge is 0.293 e. The molecule has 1 saturated heterocycles. The number of rotatable bonds is 5. The van der Waals surface area contributed by atoms with E-state index in [1.54, 1.807) is 19.2 Å². The molecule has 0 spiro atoms. The normalized spacial score (nSPS) is 16.4. The van der Waals surface area contributed by atoms with Gasteiger partial charge in [0, 0.05) is 37.7 Å². The van der Waals surface area contributed by atoms with Gasteiger partial charge in [0.25, 0.3) is 11.6 Å². The van der Waals surface area contributed by atoms with E-state index in [0.29, 0.717) is 18.8 Å². The molecular formula is C19H21N3O4. The van der Waals surface area contributed by atoms with Crippen LogP contribution in [0.4, 0.5) is 11.4 Å². The summed E-state index contributed by atoms with van der Waals surface area (Å²) in [6.45, 7) is 1.38. The van der Waals surface area contributed by atoms with Crippen molar-refractivity contribution in [2.45, 2.75) is 12.3 Å². The number of hydrogen-bond acceptors (Lipinski definition) is 5. The Morgan fingerprint density at radius 2 is 2.08 bits per heavy atom. The molecule has 26 heavy (non-hydrogen) atoms. The van der Waals surface area contributed by atoms with Crippen LogP contribution >= 0.6 is 0 Å². The molecule has 1 amide bonds. The fraction of sp³-hybridized carbons (Fsp3) is 0.316. The largest absolute Gasteiger partial charge is 0.496 e. The van der Waals surface area contributed by atoms with E-state index in [9.17, 15) is 14.9 Å². The summed E-state index contributed by atoms with van der Waals surface area (Å²) in [4.78, 5) is 24.9. The van der Waals surface area contributed by atoms with Gasteiger partial charge < -0.3 is 15.0 Å². The standard InChI is InChI=1S/C19H21N3O4/c1-20-19(23)13-7-8-16(17(11-13)22(24)25)21-10-9-14(12-21)15-5-3-4-6-18(15)26-2/h3-8,11,14H,9-10,12H2,1-2H3,(H,20,23). The van der Waals surface area contributed by atoms with Crippen molar-refractivity contribution >= 4 is 17.3 Å². The minimum atomic E-state index is -0.432. The van der Waals surface area contributed by atoms with Gasteiger partial charge in [0.05, 0.1) is 12.0 Å². The fourth-order valence-electron chi connectivity index (χ4n) is 3.46. The Balaban J connectivity index is 1.88. The number of nitro benzene ring substituents is 1. The number of nitro groups is 1. The molecule has 0 aromatic heterocycles. The second-order valence-electron chi connectivity index (χ2n) is 6.21. The monoisotopic (exact) mass is 355 g/mol. The molecule has 2 aromatic carbocycles. The number of benzene rings is 2. The number of nitrogens with zero attached hydrogens (tertiary/aromatic N) is 2. The Morgan fingerprint density at radius 1 is 1.31 bits per heavy atom. The first kappa shape index (κ1) is 17.7. The molecule has 1 fully saturated rings. The van der Waals surface area contributed by atoms with Gasteiger partial charge in [0.1, 0.15) is 11.4 Å². The molecule has 0 bridgehead atoms. The molecule has 1 atom stereocenters. The van der Waals surface area contributed by atoms with Gasteiger partial charge in [0.2, 0.25) is 0 Å². The number of ether oxygens (including phenoxy) is 1. The predicted molar refractivity (Wildman–Crippen MR) is 99.1 cm³/mol.